The van der Waals surface area contributed by atoms with Crippen LogP contribution in [0.3, 0.4) is 0 Å². The molecule has 4 rings (SSSR count). The van der Waals surface area contributed by atoms with Gasteiger partial charge in [-0.3, -0.25) is 4.79 Å². The van der Waals surface area contributed by atoms with E-state index in [9.17, 15) is 9.59 Å². The molecule has 0 aromatic heterocycles. The second-order valence-corrected chi connectivity index (χ2v) is 9.52. The lowest BCUT2D eigenvalue weighted by Gasteiger charge is -2.31. The number of carbonyl (C=O) groups is 2. The number of fused-ring (bicyclic) bond motifs is 2. The summed E-state index contributed by atoms with van der Waals surface area (Å²) >= 11 is 0. The van der Waals surface area contributed by atoms with Gasteiger partial charge in [0, 0.05) is 24.2 Å². The van der Waals surface area contributed by atoms with E-state index in [1.807, 2.05) is 42.2 Å². The van der Waals surface area contributed by atoms with E-state index >= 15 is 0 Å². The number of rotatable bonds is 4. The molecule has 0 N–H and O–H groups in total. The minimum atomic E-state index is -0.823. The molecule has 0 fully saturated rings. The number of anilines is 1. The standard InChI is InChI=1S/C27H29NO3/c1-18-12-13-23-22(16-18)25(21-11-7-9-19-8-5-6-10-20(19)21)31-24(14-15-29)26(30)28(23)17-27(2,3)4/h5-13,15-16,24-25H,14,17H2,1-4H3/t24-,25-/m0/s1. The lowest BCUT2D eigenvalue weighted by atomic mass is 9.92. The van der Waals surface area contributed by atoms with Crippen LogP contribution in [-0.2, 0) is 14.3 Å². The summed E-state index contributed by atoms with van der Waals surface area (Å²) in [4.78, 5) is 26.8. The van der Waals surface area contributed by atoms with Gasteiger partial charge < -0.3 is 14.4 Å². The quantitative estimate of drug-likeness (QED) is 0.521. The zero-order valence-electron chi connectivity index (χ0n) is 18.6. The number of ether oxygens (including phenoxy) is 1. The molecule has 1 heterocycles. The number of aryl methyl sites for hydroxylation is 1. The first kappa shape index (κ1) is 21.3. The van der Waals surface area contributed by atoms with Gasteiger partial charge in [0.05, 0.1) is 0 Å². The van der Waals surface area contributed by atoms with Crippen molar-refractivity contribution in [1.29, 1.82) is 0 Å². The lowest BCUT2D eigenvalue weighted by Crippen LogP contribution is -2.43. The first-order chi connectivity index (χ1) is 14.8. The normalized spacial score (nSPS) is 19.2. The Morgan fingerprint density at radius 2 is 1.74 bits per heavy atom. The van der Waals surface area contributed by atoms with Crippen LogP contribution >= 0.6 is 0 Å². The van der Waals surface area contributed by atoms with E-state index in [0.717, 1.165) is 39.4 Å². The molecule has 3 aromatic carbocycles. The van der Waals surface area contributed by atoms with Crippen LogP contribution in [0.25, 0.3) is 10.8 Å². The lowest BCUT2D eigenvalue weighted by molar-refractivity contribution is -0.134. The van der Waals surface area contributed by atoms with E-state index in [2.05, 4.69) is 51.1 Å². The molecule has 4 heteroatoms. The molecule has 1 aliphatic rings. The molecular weight excluding hydrogens is 386 g/mol. The van der Waals surface area contributed by atoms with Crippen LogP contribution in [0, 0.1) is 12.3 Å². The van der Waals surface area contributed by atoms with Crippen molar-refractivity contribution in [1.82, 2.24) is 0 Å². The van der Waals surface area contributed by atoms with Crippen molar-refractivity contribution in [3.05, 3.63) is 77.4 Å². The van der Waals surface area contributed by atoms with Crippen molar-refractivity contribution < 1.29 is 14.3 Å². The molecule has 4 nitrogen and oxygen atoms in total. The number of benzene rings is 3. The first-order valence-electron chi connectivity index (χ1n) is 10.8. The highest BCUT2D eigenvalue weighted by molar-refractivity contribution is 5.99. The Kier molecular flexibility index (Phi) is 5.67. The second-order valence-electron chi connectivity index (χ2n) is 9.52. The van der Waals surface area contributed by atoms with E-state index in [1.165, 1.54) is 0 Å². The molecule has 0 unspecified atom stereocenters. The topological polar surface area (TPSA) is 46.6 Å². The summed E-state index contributed by atoms with van der Waals surface area (Å²) < 4.78 is 6.46. The molecule has 0 saturated heterocycles. The highest BCUT2D eigenvalue weighted by Crippen LogP contribution is 2.42. The van der Waals surface area contributed by atoms with Crippen molar-refractivity contribution in [2.24, 2.45) is 5.41 Å². The van der Waals surface area contributed by atoms with Gasteiger partial charge in [-0.15, -0.1) is 0 Å². The van der Waals surface area contributed by atoms with Gasteiger partial charge in [-0.2, -0.15) is 0 Å². The van der Waals surface area contributed by atoms with Gasteiger partial charge in [-0.05, 0) is 34.7 Å². The van der Waals surface area contributed by atoms with E-state index in [0.29, 0.717) is 6.54 Å². The van der Waals surface area contributed by atoms with Crippen LogP contribution in [0.15, 0.2) is 60.7 Å². The van der Waals surface area contributed by atoms with Crippen LogP contribution in [-0.4, -0.2) is 24.8 Å². The third-order valence-electron chi connectivity index (χ3n) is 5.65. The predicted octanol–water partition coefficient (Wildman–Crippen LogP) is 5.60. The molecule has 2 atom stereocenters. The molecule has 0 spiro atoms. The Labute approximate surface area is 183 Å². The number of nitrogens with zero attached hydrogens (tertiary/aromatic N) is 1. The SMILES string of the molecule is Cc1ccc2c(c1)[C@H](c1cccc3ccccc13)O[C@@H](CC=O)C(=O)N2CC(C)(C)C. The highest BCUT2D eigenvalue weighted by Gasteiger charge is 2.38. The van der Waals surface area contributed by atoms with Gasteiger partial charge >= 0.3 is 0 Å². The van der Waals surface area contributed by atoms with Crippen molar-refractivity contribution in [2.45, 2.75) is 46.3 Å². The Morgan fingerprint density at radius 3 is 2.48 bits per heavy atom. The monoisotopic (exact) mass is 415 g/mol. The zero-order chi connectivity index (χ0) is 22.2. The third-order valence-corrected chi connectivity index (χ3v) is 5.65. The van der Waals surface area contributed by atoms with E-state index < -0.39 is 12.2 Å². The molecule has 1 amide bonds. The van der Waals surface area contributed by atoms with Crippen molar-refractivity contribution >= 4 is 28.7 Å². The fraction of sp³-hybridized carbons (Fsp3) is 0.333. The largest absolute Gasteiger partial charge is 0.355 e. The smallest absolute Gasteiger partial charge is 0.256 e. The molecular formula is C27H29NO3. The Balaban J connectivity index is 1.96. The van der Waals surface area contributed by atoms with Crippen molar-refractivity contribution in [3.63, 3.8) is 0 Å². The number of aldehydes is 1. The van der Waals surface area contributed by atoms with Gasteiger partial charge in [-0.25, -0.2) is 0 Å². The first-order valence-corrected chi connectivity index (χ1v) is 10.8. The number of carbonyl (C=O) groups excluding carboxylic acids is 2. The fourth-order valence-electron chi connectivity index (χ4n) is 4.32. The maximum atomic E-state index is 13.5. The Hall–Kier alpha value is -2.98. The predicted molar refractivity (Wildman–Crippen MR) is 124 cm³/mol. The molecule has 31 heavy (non-hydrogen) atoms. The molecule has 1 aliphatic heterocycles. The maximum absolute atomic E-state index is 13.5. The molecule has 0 aliphatic carbocycles. The van der Waals surface area contributed by atoms with Crippen LogP contribution in [0.4, 0.5) is 5.69 Å². The molecule has 0 saturated carbocycles. The van der Waals surface area contributed by atoms with Gasteiger partial charge in [-0.1, -0.05) is 80.9 Å². The fourth-order valence-corrected chi connectivity index (χ4v) is 4.32. The van der Waals surface area contributed by atoms with Gasteiger partial charge in [0.2, 0.25) is 0 Å². The summed E-state index contributed by atoms with van der Waals surface area (Å²) in [6.45, 7) is 8.91. The zero-order valence-corrected chi connectivity index (χ0v) is 18.6. The summed E-state index contributed by atoms with van der Waals surface area (Å²) in [5.74, 6) is -0.158. The minimum Gasteiger partial charge on any atom is -0.355 e. The Bertz CT molecular complexity index is 1120. The summed E-state index contributed by atoms with van der Waals surface area (Å²) in [6.07, 6.45) is -0.455. The highest BCUT2D eigenvalue weighted by atomic mass is 16.5. The van der Waals surface area contributed by atoms with Crippen molar-refractivity contribution in [2.75, 3.05) is 11.4 Å². The average molecular weight is 416 g/mol. The molecule has 0 bridgehead atoms. The van der Waals surface area contributed by atoms with E-state index in [1.54, 1.807) is 0 Å². The summed E-state index contributed by atoms with van der Waals surface area (Å²) in [5, 5.41) is 2.20. The van der Waals surface area contributed by atoms with Gasteiger partial charge in [0.25, 0.3) is 5.91 Å². The number of hydrogen-bond acceptors (Lipinski definition) is 3. The number of amides is 1. The molecule has 160 valence electrons. The summed E-state index contributed by atoms with van der Waals surface area (Å²) in [6, 6.07) is 20.5. The third kappa shape index (κ3) is 4.26. The maximum Gasteiger partial charge on any atom is 0.256 e. The van der Waals surface area contributed by atoms with Crippen molar-refractivity contribution in [3.8, 4) is 0 Å². The second kappa shape index (κ2) is 8.27. The summed E-state index contributed by atoms with van der Waals surface area (Å²) in [5.41, 5.74) is 3.82. The number of hydrogen-bond donors (Lipinski definition) is 0. The molecule has 3 aromatic rings. The van der Waals surface area contributed by atoms with Crippen LogP contribution in [0.2, 0.25) is 0 Å². The van der Waals surface area contributed by atoms with Crippen LogP contribution in [0.5, 0.6) is 0 Å². The Morgan fingerprint density at radius 1 is 1.00 bits per heavy atom. The van der Waals surface area contributed by atoms with Gasteiger partial charge in [0.1, 0.15) is 18.5 Å². The average Bonchev–Trinajstić information content (AvgIpc) is 2.83. The van der Waals surface area contributed by atoms with Crippen LogP contribution in [0.1, 0.15) is 50.0 Å². The van der Waals surface area contributed by atoms with E-state index in [4.69, 9.17) is 4.74 Å². The van der Waals surface area contributed by atoms with E-state index in [-0.39, 0.29) is 17.7 Å². The molecule has 0 radical (unpaired) electrons. The van der Waals surface area contributed by atoms with Gasteiger partial charge in [0.15, 0.2) is 0 Å². The summed E-state index contributed by atoms with van der Waals surface area (Å²) in [7, 11) is 0. The van der Waals surface area contributed by atoms with Crippen LogP contribution < -0.4 is 4.90 Å². The minimum absolute atomic E-state index is 0.0354.